The van der Waals surface area contributed by atoms with Crippen LogP contribution in [-0.4, -0.2) is 108 Å². The molecule has 424 valence electrons. The van der Waals surface area contributed by atoms with Crippen molar-refractivity contribution in [3.63, 3.8) is 0 Å². The molecule has 2 aromatic carbocycles. The van der Waals surface area contributed by atoms with Gasteiger partial charge in [0.05, 0.1) is 16.4 Å². The third-order valence-corrected chi connectivity index (χ3v) is 14.3. The Labute approximate surface area is 450 Å². The van der Waals surface area contributed by atoms with Crippen molar-refractivity contribution in [2.75, 3.05) is 68.7 Å². The SMILES string of the molecule is CCCCC(=O)N1CCN(c2cccc(OC3CCC(Cc4ccc([N+](=O)[O-])c(C(F)(F)F)c4)CC3)n2)CC1.CCCN=C=O.O=[N+]([O-])c1ccc(CC2CCC(Oc3cccc(N4CCNCC4)n3)CC2)cc1C(F)(F)F. The van der Waals surface area contributed by atoms with Crippen LogP contribution in [0.1, 0.15) is 113 Å². The molecule has 4 aliphatic rings. The minimum atomic E-state index is -4.77. The molecule has 4 fully saturated rings. The van der Waals surface area contributed by atoms with Crippen molar-refractivity contribution in [3.8, 4) is 11.8 Å². The highest BCUT2D eigenvalue weighted by Crippen LogP contribution is 2.40. The smallest absolute Gasteiger partial charge is 0.423 e. The molecule has 23 heteroatoms. The third-order valence-electron chi connectivity index (χ3n) is 14.3. The quantitative estimate of drug-likeness (QED) is 0.0345. The van der Waals surface area contributed by atoms with E-state index in [-0.39, 0.29) is 30.0 Å². The number of unbranched alkanes of at least 4 members (excludes halogenated alkanes) is 1. The van der Waals surface area contributed by atoms with Crippen LogP contribution >= 0.6 is 0 Å². The number of hydrogen-bond donors (Lipinski definition) is 1. The number of aromatic nitrogens is 2. The van der Waals surface area contributed by atoms with Crippen molar-refractivity contribution in [3.05, 3.63) is 115 Å². The van der Waals surface area contributed by atoms with E-state index in [2.05, 4.69) is 32.0 Å². The Hall–Kier alpha value is -6.87. The monoisotopic (exact) mass is 1100 g/mol. The van der Waals surface area contributed by atoms with Crippen LogP contribution in [0.15, 0.2) is 77.8 Å². The Bertz CT molecular complexity index is 2630. The van der Waals surface area contributed by atoms with E-state index in [4.69, 9.17) is 14.5 Å². The molecular formula is C55H69F6N9O8. The molecule has 1 N–H and O–H groups in total. The van der Waals surface area contributed by atoms with E-state index in [0.717, 1.165) is 146 Å². The summed E-state index contributed by atoms with van der Waals surface area (Å²) < 4.78 is 92.0. The number of amides is 1. The minimum Gasteiger partial charge on any atom is -0.474 e. The molecule has 0 bridgehead atoms. The van der Waals surface area contributed by atoms with Crippen LogP contribution in [-0.2, 0) is 34.8 Å². The molecule has 2 aromatic heterocycles. The average molecular weight is 1100 g/mol. The standard InChI is InChI=1S/C28H35F3N4O4.C23H27F3N4O3.C4H7NO/c1-2-3-7-27(36)34-16-14-33(15-17-34)25-5-4-6-26(32-25)39-22-11-8-20(9-12-22)18-21-10-13-24(35(37)38)23(19-21)28(29,30)31;24-23(25,26)19-15-17(6-9-20(19)30(31)32)14-16-4-7-18(8-5-16)33-22-3-1-2-21(28-22)29-12-10-27-11-13-29;1-2-3-5-4-6/h4-6,10,13,19-20,22H,2-3,7-9,11-12,14-18H2,1H3;1-3,6,9,15-16,18,27H,4-5,7-8,10-14H2;2-3H2,1H3. The fourth-order valence-corrected chi connectivity index (χ4v) is 10.1. The first kappa shape index (κ1) is 60.4. The summed E-state index contributed by atoms with van der Waals surface area (Å²) in [6, 6.07) is 18.1. The average Bonchev–Trinajstić information content (AvgIpc) is 3.44. The lowest BCUT2D eigenvalue weighted by Crippen LogP contribution is -2.49. The number of anilines is 2. The number of benzene rings is 2. The minimum absolute atomic E-state index is 0.0228. The van der Waals surface area contributed by atoms with Gasteiger partial charge in [-0.15, -0.1) is 0 Å². The number of rotatable bonds is 17. The Morgan fingerprint density at radius 1 is 0.667 bits per heavy atom. The number of halogens is 6. The van der Waals surface area contributed by atoms with Crippen molar-refractivity contribution in [1.29, 1.82) is 0 Å². The Morgan fingerprint density at radius 3 is 1.50 bits per heavy atom. The Balaban J connectivity index is 0.000000231. The summed E-state index contributed by atoms with van der Waals surface area (Å²) in [5.74, 6) is 3.48. The molecule has 2 saturated carbocycles. The van der Waals surface area contributed by atoms with Gasteiger partial charge in [0.15, 0.2) is 0 Å². The molecular weight excluding hydrogens is 1030 g/mol. The van der Waals surface area contributed by atoms with Gasteiger partial charge in [0.25, 0.3) is 11.4 Å². The number of piperazine rings is 2. The van der Waals surface area contributed by atoms with E-state index >= 15 is 0 Å². The number of carbonyl (C=O) groups is 1. The van der Waals surface area contributed by atoms with Crippen LogP contribution in [0.5, 0.6) is 11.8 Å². The van der Waals surface area contributed by atoms with Gasteiger partial charge >= 0.3 is 12.4 Å². The van der Waals surface area contributed by atoms with Crippen molar-refractivity contribution < 1.29 is 55.3 Å². The van der Waals surface area contributed by atoms with Gasteiger partial charge in [0.2, 0.25) is 23.7 Å². The van der Waals surface area contributed by atoms with Crippen LogP contribution in [0.3, 0.4) is 0 Å². The molecule has 0 radical (unpaired) electrons. The number of alkyl halides is 6. The summed E-state index contributed by atoms with van der Waals surface area (Å²) in [5, 5.41) is 25.3. The first-order chi connectivity index (χ1) is 37.3. The number of hydrogen-bond acceptors (Lipinski definition) is 14. The molecule has 4 aromatic rings. The largest absolute Gasteiger partial charge is 0.474 e. The fourth-order valence-electron chi connectivity index (χ4n) is 10.1. The first-order valence-corrected chi connectivity index (χ1v) is 26.8. The lowest BCUT2D eigenvalue weighted by molar-refractivity contribution is -0.388. The van der Waals surface area contributed by atoms with E-state index in [1.165, 1.54) is 18.2 Å². The number of ether oxygens (including phenoxy) is 2. The first-order valence-electron chi connectivity index (χ1n) is 26.8. The normalized spacial score (nSPS) is 19.7. The van der Waals surface area contributed by atoms with E-state index < -0.39 is 44.7 Å². The van der Waals surface area contributed by atoms with Crippen LogP contribution < -0.4 is 24.6 Å². The lowest BCUT2D eigenvalue weighted by Gasteiger charge is -2.35. The second kappa shape index (κ2) is 29.2. The highest BCUT2D eigenvalue weighted by Gasteiger charge is 2.40. The summed E-state index contributed by atoms with van der Waals surface area (Å²) in [6.07, 6.45) is 2.58. The second-order valence-corrected chi connectivity index (χ2v) is 20.0. The van der Waals surface area contributed by atoms with Crippen molar-refractivity contribution in [2.24, 2.45) is 16.8 Å². The van der Waals surface area contributed by atoms with Crippen LogP contribution in [0.25, 0.3) is 0 Å². The highest BCUT2D eigenvalue weighted by atomic mass is 19.4. The molecule has 0 atom stereocenters. The predicted molar refractivity (Wildman–Crippen MR) is 282 cm³/mol. The maximum atomic E-state index is 13.3. The maximum absolute atomic E-state index is 13.3. The van der Waals surface area contributed by atoms with Gasteiger partial charge in [-0.25, -0.2) is 9.79 Å². The molecule has 0 spiro atoms. The van der Waals surface area contributed by atoms with Gasteiger partial charge in [-0.05, 0) is 124 Å². The fraction of sp³-hybridized carbons (Fsp3) is 0.564. The molecule has 17 nitrogen and oxygen atoms in total. The third kappa shape index (κ3) is 18.4. The summed E-state index contributed by atoms with van der Waals surface area (Å²) in [4.78, 5) is 60.5. The number of nitrogens with zero attached hydrogens (tertiary/aromatic N) is 8. The number of isocyanates is 1. The maximum Gasteiger partial charge on any atom is 0.423 e. The number of aliphatic imine (C=N–C) groups is 1. The van der Waals surface area contributed by atoms with Gasteiger partial charge in [0.1, 0.15) is 35.0 Å². The molecule has 4 heterocycles. The predicted octanol–water partition coefficient (Wildman–Crippen LogP) is 11.4. The molecule has 2 aliphatic heterocycles. The molecule has 2 saturated heterocycles. The summed E-state index contributed by atoms with van der Waals surface area (Å²) in [7, 11) is 0. The van der Waals surface area contributed by atoms with Crippen molar-refractivity contribution in [2.45, 2.75) is 128 Å². The van der Waals surface area contributed by atoms with E-state index in [1.807, 2.05) is 48.2 Å². The van der Waals surface area contributed by atoms with Gasteiger partial charge in [-0.2, -0.15) is 36.3 Å². The number of nitro groups is 2. The number of nitro benzene ring substituents is 2. The molecule has 1 amide bonds. The van der Waals surface area contributed by atoms with E-state index in [9.17, 15) is 56.2 Å². The topological polar surface area (TPSA) is 199 Å². The zero-order valence-corrected chi connectivity index (χ0v) is 44.1. The Kier molecular flexibility index (Phi) is 22.6. The zero-order chi connectivity index (χ0) is 56.2. The molecule has 78 heavy (non-hydrogen) atoms. The van der Waals surface area contributed by atoms with Gasteiger partial charge in [-0.3, -0.25) is 25.0 Å². The second-order valence-electron chi connectivity index (χ2n) is 20.0. The van der Waals surface area contributed by atoms with Gasteiger partial charge < -0.3 is 29.5 Å². The summed E-state index contributed by atoms with van der Waals surface area (Å²) >= 11 is 0. The van der Waals surface area contributed by atoms with Gasteiger partial charge in [0, 0.05) is 83.0 Å². The van der Waals surface area contributed by atoms with Crippen LogP contribution in [0.4, 0.5) is 49.4 Å². The van der Waals surface area contributed by atoms with E-state index in [0.29, 0.717) is 61.8 Å². The lowest BCUT2D eigenvalue weighted by atomic mass is 9.83. The van der Waals surface area contributed by atoms with Crippen molar-refractivity contribution >= 4 is 35.0 Å². The summed E-state index contributed by atoms with van der Waals surface area (Å²) in [5.41, 5.74) is -3.27. The molecule has 2 aliphatic carbocycles. The van der Waals surface area contributed by atoms with Crippen LogP contribution in [0.2, 0.25) is 0 Å². The zero-order valence-electron chi connectivity index (χ0n) is 44.1. The van der Waals surface area contributed by atoms with Crippen molar-refractivity contribution in [1.82, 2.24) is 20.2 Å². The Morgan fingerprint density at radius 2 is 1.12 bits per heavy atom. The van der Waals surface area contributed by atoms with Gasteiger partial charge in [-0.1, -0.05) is 44.5 Å². The highest BCUT2D eigenvalue weighted by molar-refractivity contribution is 5.76. The number of nitrogens with one attached hydrogen (secondary N) is 1. The number of carbonyl (C=O) groups excluding carboxylic acids is 2. The molecule has 0 unspecified atom stereocenters. The number of pyridine rings is 2. The van der Waals surface area contributed by atoms with Crippen LogP contribution in [0, 0.1) is 32.1 Å². The van der Waals surface area contributed by atoms with E-state index in [1.54, 1.807) is 0 Å². The summed E-state index contributed by atoms with van der Waals surface area (Å²) in [6.45, 7) is 11.1. The molecule has 8 rings (SSSR count).